The van der Waals surface area contributed by atoms with Gasteiger partial charge in [0.2, 0.25) is 0 Å². The predicted molar refractivity (Wildman–Crippen MR) is 69.9 cm³/mol. The molecule has 0 amide bonds. The van der Waals surface area contributed by atoms with Gasteiger partial charge in [-0.2, -0.15) is 5.26 Å². The molecule has 2 rings (SSSR count). The van der Waals surface area contributed by atoms with Crippen LogP contribution < -0.4 is 0 Å². The van der Waals surface area contributed by atoms with Gasteiger partial charge in [-0.05, 0) is 18.2 Å². The van der Waals surface area contributed by atoms with Gasteiger partial charge in [0.15, 0.2) is 15.5 Å². The van der Waals surface area contributed by atoms with Gasteiger partial charge in [0.05, 0.1) is 11.4 Å². The molecule has 0 spiro atoms. The largest absolute Gasteiger partial charge is 0.256 e. The van der Waals surface area contributed by atoms with Gasteiger partial charge in [-0.1, -0.05) is 13.0 Å². The van der Waals surface area contributed by atoms with E-state index < -0.39 is 9.84 Å². The second kappa shape index (κ2) is 5.16. The summed E-state index contributed by atoms with van der Waals surface area (Å²) in [5.74, 6) is -0.0901. The third-order valence-electron chi connectivity index (χ3n) is 2.64. The van der Waals surface area contributed by atoms with Crippen LogP contribution in [0.25, 0.3) is 11.3 Å². The van der Waals surface area contributed by atoms with E-state index in [0.29, 0.717) is 11.3 Å². The summed E-state index contributed by atoms with van der Waals surface area (Å²) in [6.45, 7) is 1.53. The van der Waals surface area contributed by atoms with E-state index in [0.717, 1.165) is 0 Å². The lowest BCUT2D eigenvalue weighted by Crippen LogP contribution is -2.09. The first-order chi connectivity index (χ1) is 9.10. The SMILES string of the molecule is CCS(=O)(=O)c1c(-c2ccccn2)ccnc1C#N. The lowest BCUT2D eigenvalue weighted by Gasteiger charge is -2.09. The molecule has 96 valence electrons. The first-order valence-corrected chi connectivity index (χ1v) is 7.28. The molecule has 2 heterocycles. The maximum absolute atomic E-state index is 12.2. The number of nitrogens with zero attached hydrogens (tertiary/aromatic N) is 3. The summed E-state index contributed by atoms with van der Waals surface area (Å²) >= 11 is 0. The van der Waals surface area contributed by atoms with E-state index in [9.17, 15) is 8.42 Å². The van der Waals surface area contributed by atoms with E-state index in [1.807, 2.05) is 6.07 Å². The number of hydrogen-bond donors (Lipinski definition) is 0. The van der Waals surface area contributed by atoms with Gasteiger partial charge in [0.1, 0.15) is 11.0 Å². The third-order valence-corrected chi connectivity index (χ3v) is 4.44. The van der Waals surface area contributed by atoms with Crippen molar-refractivity contribution in [3.8, 4) is 17.3 Å². The molecule has 0 aromatic carbocycles. The van der Waals surface area contributed by atoms with Crippen molar-refractivity contribution in [3.63, 3.8) is 0 Å². The van der Waals surface area contributed by atoms with Crippen LogP contribution in [0.4, 0.5) is 0 Å². The topological polar surface area (TPSA) is 83.7 Å². The second-order valence-electron chi connectivity index (χ2n) is 3.77. The van der Waals surface area contributed by atoms with E-state index in [2.05, 4.69) is 9.97 Å². The molecular formula is C13H11N3O2S. The van der Waals surface area contributed by atoms with E-state index in [1.54, 1.807) is 30.5 Å². The molecule has 6 heteroatoms. The Morgan fingerprint density at radius 2 is 2.00 bits per heavy atom. The van der Waals surface area contributed by atoms with Crippen LogP contribution in [0.1, 0.15) is 12.6 Å². The zero-order valence-electron chi connectivity index (χ0n) is 10.2. The van der Waals surface area contributed by atoms with Crippen molar-refractivity contribution in [1.82, 2.24) is 9.97 Å². The fraction of sp³-hybridized carbons (Fsp3) is 0.154. The van der Waals surface area contributed by atoms with Crippen molar-refractivity contribution < 1.29 is 8.42 Å². The normalized spacial score (nSPS) is 10.9. The molecule has 2 aromatic rings. The van der Waals surface area contributed by atoms with Gasteiger partial charge in [-0.15, -0.1) is 0 Å². The molecule has 0 fully saturated rings. The fourth-order valence-electron chi connectivity index (χ4n) is 1.71. The van der Waals surface area contributed by atoms with Crippen LogP contribution in [0.3, 0.4) is 0 Å². The van der Waals surface area contributed by atoms with Crippen LogP contribution in [0, 0.1) is 11.3 Å². The number of aromatic nitrogens is 2. The summed E-state index contributed by atoms with van der Waals surface area (Å²) < 4.78 is 24.3. The van der Waals surface area contributed by atoms with Gasteiger partial charge >= 0.3 is 0 Å². The van der Waals surface area contributed by atoms with Crippen molar-refractivity contribution in [2.45, 2.75) is 11.8 Å². The van der Waals surface area contributed by atoms with Crippen molar-refractivity contribution in [2.75, 3.05) is 5.75 Å². The summed E-state index contributed by atoms with van der Waals surface area (Å²) in [4.78, 5) is 7.92. The molecule has 0 atom stereocenters. The third kappa shape index (κ3) is 2.46. The summed E-state index contributed by atoms with van der Waals surface area (Å²) in [7, 11) is -3.54. The molecule has 0 unspecified atom stereocenters. The lowest BCUT2D eigenvalue weighted by atomic mass is 10.1. The summed E-state index contributed by atoms with van der Waals surface area (Å²) in [5.41, 5.74) is 0.826. The molecule has 2 aromatic heterocycles. The summed E-state index contributed by atoms with van der Waals surface area (Å²) in [6, 6.07) is 8.59. The maximum atomic E-state index is 12.2. The maximum Gasteiger partial charge on any atom is 0.181 e. The highest BCUT2D eigenvalue weighted by Crippen LogP contribution is 2.28. The minimum absolute atomic E-state index is 0.0429. The highest BCUT2D eigenvalue weighted by atomic mass is 32.2. The first kappa shape index (κ1) is 13.2. The summed E-state index contributed by atoms with van der Waals surface area (Å²) in [5, 5.41) is 9.05. The van der Waals surface area contributed by atoms with Crippen molar-refractivity contribution in [3.05, 3.63) is 42.4 Å². The zero-order valence-corrected chi connectivity index (χ0v) is 11.1. The molecule has 0 saturated carbocycles. The molecule has 0 aliphatic carbocycles. The van der Waals surface area contributed by atoms with Crippen LogP contribution in [-0.4, -0.2) is 24.1 Å². The second-order valence-corrected chi connectivity index (χ2v) is 5.98. The Labute approximate surface area is 111 Å². The zero-order chi connectivity index (χ0) is 13.9. The van der Waals surface area contributed by atoms with Gasteiger partial charge in [0, 0.05) is 18.0 Å². The van der Waals surface area contributed by atoms with E-state index in [4.69, 9.17) is 5.26 Å². The molecule has 0 bridgehead atoms. The standard InChI is InChI=1S/C13H11N3O2S/c1-2-19(17,18)13-10(6-8-16-12(13)9-14)11-5-3-4-7-15-11/h3-8H,2H2,1H3. The van der Waals surface area contributed by atoms with E-state index in [-0.39, 0.29) is 16.3 Å². The molecule has 0 saturated heterocycles. The Balaban J connectivity index is 2.81. The Bertz CT molecular complexity index is 734. The van der Waals surface area contributed by atoms with Gasteiger partial charge in [-0.3, -0.25) is 4.98 Å². The minimum Gasteiger partial charge on any atom is -0.256 e. The quantitative estimate of drug-likeness (QED) is 0.851. The molecule has 0 aliphatic heterocycles. The molecule has 0 radical (unpaired) electrons. The Morgan fingerprint density at radius 3 is 2.58 bits per heavy atom. The molecule has 19 heavy (non-hydrogen) atoms. The highest BCUT2D eigenvalue weighted by molar-refractivity contribution is 7.91. The number of nitriles is 1. The molecule has 0 aliphatic rings. The van der Waals surface area contributed by atoms with E-state index >= 15 is 0 Å². The Hall–Kier alpha value is -2.26. The van der Waals surface area contributed by atoms with Crippen LogP contribution in [-0.2, 0) is 9.84 Å². The molecule has 5 nitrogen and oxygen atoms in total. The number of pyridine rings is 2. The van der Waals surface area contributed by atoms with Crippen LogP contribution >= 0.6 is 0 Å². The van der Waals surface area contributed by atoms with Gasteiger partial charge in [0.25, 0.3) is 0 Å². The lowest BCUT2D eigenvalue weighted by molar-refractivity contribution is 0.597. The van der Waals surface area contributed by atoms with E-state index in [1.165, 1.54) is 13.1 Å². The highest BCUT2D eigenvalue weighted by Gasteiger charge is 2.23. The van der Waals surface area contributed by atoms with Crippen molar-refractivity contribution in [1.29, 1.82) is 5.26 Å². The van der Waals surface area contributed by atoms with Gasteiger partial charge in [-0.25, -0.2) is 13.4 Å². The predicted octanol–water partition coefficient (Wildman–Crippen LogP) is 1.81. The minimum atomic E-state index is -3.54. The Morgan fingerprint density at radius 1 is 1.21 bits per heavy atom. The average molecular weight is 273 g/mol. The van der Waals surface area contributed by atoms with Crippen LogP contribution in [0.15, 0.2) is 41.6 Å². The number of rotatable bonds is 3. The van der Waals surface area contributed by atoms with Crippen molar-refractivity contribution >= 4 is 9.84 Å². The summed E-state index contributed by atoms with van der Waals surface area (Å²) in [6.07, 6.45) is 2.99. The first-order valence-electron chi connectivity index (χ1n) is 5.63. The fourth-order valence-corrected chi connectivity index (χ4v) is 2.90. The Kier molecular flexibility index (Phi) is 3.58. The van der Waals surface area contributed by atoms with Crippen LogP contribution in [0.5, 0.6) is 0 Å². The van der Waals surface area contributed by atoms with Crippen molar-refractivity contribution in [2.24, 2.45) is 0 Å². The smallest absolute Gasteiger partial charge is 0.181 e. The van der Waals surface area contributed by atoms with Crippen LogP contribution in [0.2, 0.25) is 0 Å². The van der Waals surface area contributed by atoms with Gasteiger partial charge < -0.3 is 0 Å². The number of hydrogen-bond acceptors (Lipinski definition) is 5. The monoisotopic (exact) mass is 273 g/mol. The molecular weight excluding hydrogens is 262 g/mol. The average Bonchev–Trinajstić information content (AvgIpc) is 2.47. The number of sulfone groups is 1. The molecule has 0 N–H and O–H groups in total.